The molecule has 28 heavy (non-hydrogen) atoms. The van der Waals surface area contributed by atoms with E-state index >= 15 is 0 Å². The van der Waals surface area contributed by atoms with E-state index < -0.39 is 34.9 Å². The van der Waals surface area contributed by atoms with Crippen molar-refractivity contribution >= 4 is 29.4 Å². The fraction of sp³-hybridized carbons (Fsp3) is 0.526. The van der Waals surface area contributed by atoms with Crippen LogP contribution in [-0.2, 0) is 30.4 Å². The minimum absolute atomic E-state index is 0.0569. The van der Waals surface area contributed by atoms with Crippen LogP contribution >= 0.6 is 11.6 Å². The maximum Gasteiger partial charge on any atom is 0.346 e. The van der Waals surface area contributed by atoms with E-state index in [0.29, 0.717) is 11.3 Å². The van der Waals surface area contributed by atoms with Gasteiger partial charge in [-0.05, 0) is 31.0 Å². The number of hydrogen-bond donors (Lipinski definition) is 1. The number of rotatable bonds is 7. The normalized spacial score (nSPS) is 23.4. The molecule has 1 aromatic rings. The van der Waals surface area contributed by atoms with Gasteiger partial charge in [0.15, 0.2) is 0 Å². The second kappa shape index (κ2) is 8.36. The number of amides is 1. The van der Waals surface area contributed by atoms with Gasteiger partial charge in [0.1, 0.15) is 11.4 Å². The van der Waals surface area contributed by atoms with Crippen LogP contribution in [0.25, 0.3) is 0 Å². The van der Waals surface area contributed by atoms with Crippen LogP contribution in [-0.4, -0.2) is 66.2 Å². The monoisotopic (exact) mass is 413 g/mol. The molecule has 9 heteroatoms. The molecule has 0 bridgehead atoms. The smallest absolute Gasteiger partial charge is 0.346 e. The Kier molecular flexibility index (Phi) is 6.56. The Balaban J connectivity index is 2.63. The number of halogens is 1. The van der Waals surface area contributed by atoms with Crippen molar-refractivity contribution in [3.05, 3.63) is 29.8 Å². The van der Waals surface area contributed by atoms with Crippen LogP contribution in [0.5, 0.6) is 5.75 Å². The summed E-state index contributed by atoms with van der Waals surface area (Å²) in [7, 11) is 3.68. The predicted molar refractivity (Wildman–Crippen MR) is 99.8 cm³/mol. The van der Waals surface area contributed by atoms with Crippen molar-refractivity contribution in [3.8, 4) is 5.75 Å². The van der Waals surface area contributed by atoms with Crippen LogP contribution in [0.15, 0.2) is 24.3 Å². The summed E-state index contributed by atoms with van der Waals surface area (Å²) in [4.78, 5) is 39.8. The number of benzene rings is 1. The van der Waals surface area contributed by atoms with Gasteiger partial charge in [0.2, 0.25) is 5.91 Å². The fourth-order valence-electron chi connectivity index (χ4n) is 3.76. The molecular weight excluding hydrogens is 390 g/mol. The Morgan fingerprint density at radius 1 is 1.14 bits per heavy atom. The van der Waals surface area contributed by atoms with Crippen molar-refractivity contribution in [1.29, 1.82) is 0 Å². The Hall–Kier alpha value is -2.32. The van der Waals surface area contributed by atoms with Crippen LogP contribution in [0, 0.1) is 5.92 Å². The summed E-state index contributed by atoms with van der Waals surface area (Å²) in [5, 5.41) is 11.3. The van der Waals surface area contributed by atoms with Crippen LogP contribution in [0.3, 0.4) is 0 Å². The molecular formula is C19H24ClNO7. The quantitative estimate of drug-likeness (QED) is 0.406. The fourth-order valence-corrected chi connectivity index (χ4v) is 3.97. The Morgan fingerprint density at radius 3 is 2.11 bits per heavy atom. The van der Waals surface area contributed by atoms with E-state index in [-0.39, 0.29) is 18.8 Å². The summed E-state index contributed by atoms with van der Waals surface area (Å²) in [5.74, 6) is -3.16. The second-order valence-electron chi connectivity index (χ2n) is 6.64. The maximum absolute atomic E-state index is 13.2. The Bertz CT molecular complexity index is 731. The first kappa shape index (κ1) is 22.0. The molecule has 0 saturated carbocycles. The molecule has 1 fully saturated rings. The lowest BCUT2D eigenvalue weighted by atomic mass is 9.75. The number of alkyl halides is 1. The van der Waals surface area contributed by atoms with E-state index in [9.17, 15) is 19.5 Å². The number of methoxy groups -OCH3 is 3. The third-order valence-electron chi connectivity index (χ3n) is 5.24. The Morgan fingerprint density at radius 2 is 1.68 bits per heavy atom. The van der Waals surface area contributed by atoms with E-state index in [1.165, 1.54) is 14.0 Å². The van der Waals surface area contributed by atoms with Crippen molar-refractivity contribution in [3.63, 3.8) is 0 Å². The lowest BCUT2D eigenvalue weighted by molar-refractivity contribution is -0.187. The molecule has 2 unspecified atom stereocenters. The molecule has 0 aromatic heterocycles. The Labute approximate surface area is 168 Å². The summed E-state index contributed by atoms with van der Waals surface area (Å²) in [6.45, 7) is 1.13. The van der Waals surface area contributed by atoms with Gasteiger partial charge in [-0.1, -0.05) is 12.1 Å². The molecule has 2 rings (SSSR count). The molecule has 1 amide bonds. The van der Waals surface area contributed by atoms with E-state index in [1.807, 2.05) is 0 Å². The summed E-state index contributed by atoms with van der Waals surface area (Å²) in [6.07, 6.45) is 0.0717. The van der Waals surface area contributed by atoms with Crippen LogP contribution in [0.1, 0.15) is 18.9 Å². The van der Waals surface area contributed by atoms with Crippen molar-refractivity contribution in [2.45, 2.75) is 31.0 Å². The number of carbonyl (C=O) groups excluding carboxylic acids is 3. The zero-order chi connectivity index (χ0) is 21.1. The number of aliphatic hydroxyl groups is 1. The molecule has 1 heterocycles. The van der Waals surface area contributed by atoms with Gasteiger partial charge in [-0.2, -0.15) is 0 Å². The van der Waals surface area contributed by atoms with Crippen LogP contribution in [0.4, 0.5) is 0 Å². The number of carbonyl (C=O) groups is 3. The third kappa shape index (κ3) is 3.20. The third-order valence-corrected chi connectivity index (χ3v) is 5.46. The van der Waals surface area contributed by atoms with E-state index in [1.54, 1.807) is 24.3 Å². The molecule has 1 aromatic carbocycles. The largest absolute Gasteiger partial charge is 0.497 e. The van der Waals surface area contributed by atoms with Gasteiger partial charge in [0, 0.05) is 12.4 Å². The first-order chi connectivity index (χ1) is 13.2. The van der Waals surface area contributed by atoms with Crippen molar-refractivity contribution in [1.82, 2.24) is 4.90 Å². The first-order valence-corrected chi connectivity index (χ1v) is 9.15. The standard InChI is InChI=1S/C19H24ClNO7/c1-18(25)14(9-10-20)15(22)21(11-12-5-7-13(26-2)8-6-12)19(18,16(23)27-3)17(24)28-4/h5-8,14,25H,9-11H2,1-4H3. The zero-order valence-electron chi connectivity index (χ0n) is 16.2. The molecule has 0 spiro atoms. The average Bonchev–Trinajstić information content (AvgIpc) is 2.86. The highest BCUT2D eigenvalue weighted by atomic mass is 35.5. The molecule has 1 aliphatic rings. The first-order valence-electron chi connectivity index (χ1n) is 8.61. The number of hydrogen-bond acceptors (Lipinski definition) is 7. The highest BCUT2D eigenvalue weighted by molar-refractivity contribution is 6.18. The SMILES string of the molecule is COC(=O)C1(C(=O)OC)N(Cc2ccc(OC)cc2)C(=O)C(CCCl)C1(C)O. The molecule has 0 radical (unpaired) electrons. The van der Waals surface area contributed by atoms with Gasteiger partial charge in [-0.3, -0.25) is 4.79 Å². The van der Waals surface area contributed by atoms with Crippen molar-refractivity contribution in [2.75, 3.05) is 27.2 Å². The van der Waals surface area contributed by atoms with Crippen LogP contribution < -0.4 is 4.74 Å². The van der Waals surface area contributed by atoms with E-state index in [2.05, 4.69) is 0 Å². The van der Waals surface area contributed by atoms with E-state index in [4.69, 9.17) is 25.8 Å². The lowest BCUT2D eigenvalue weighted by Gasteiger charge is -2.40. The van der Waals surface area contributed by atoms with Crippen molar-refractivity contribution in [2.24, 2.45) is 5.92 Å². The lowest BCUT2D eigenvalue weighted by Crippen LogP contribution is -2.68. The van der Waals surface area contributed by atoms with Crippen molar-refractivity contribution < 1.29 is 33.7 Å². The molecule has 0 aliphatic carbocycles. The minimum Gasteiger partial charge on any atom is -0.497 e. The minimum atomic E-state index is -2.36. The summed E-state index contributed by atoms with van der Waals surface area (Å²) in [5.41, 5.74) is -3.83. The number of esters is 2. The number of likely N-dealkylation sites (tertiary alicyclic amines) is 1. The van der Waals surface area contributed by atoms with Gasteiger partial charge < -0.3 is 24.2 Å². The van der Waals surface area contributed by atoms with Gasteiger partial charge in [-0.25, -0.2) is 9.59 Å². The summed E-state index contributed by atoms with van der Waals surface area (Å²) in [6, 6.07) is 6.74. The number of ether oxygens (including phenoxy) is 3. The molecule has 1 N–H and O–H groups in total. The highest BCUT2D eigenvalue weighted by Gasteiger charge is 2.75. The van der Waals surface area contributed by atoms with E-state index in [0.717, 1.165) is 19.1 Å². The molecule has 154 valence electrons. The predicted octanol–water partition coefficient (Wildman–Crippen LogP) is 1.12. The van der Waals surface area contributed by atoms with Gasteiger partial charge in [0.25, 0.3) is 5.54 Å². The van der Waals surface area contributed by atoms with Crippen LogP contribution in [0.2, 0.25) is 0 Å². The summed E-state index contributed by atoms with van der Waals surface area (Å²) < 4.78 is 14.8. The number of nitrogens with zero attached hydrogens (tertiary/aromatic N) is 1. The van der Waals surface area contributed by atoms with Gasteiger partial charge in [-0.15, -0.1) is 11.6 Å². The maximum atomic E-state index is 13.2. The molecule has 8 nitrogen and oxygen atoms in total. The van der Waals surface area contributed by atoms with Gasteiger partial charge >= 0.3 is 11.9 Å². The summed E-state index contributed by atoms with van der Waals surface area (Å²) >= 11 is 5.81. The molecule has 1 aliphatic heterocycles. The molecule has 2 atom stereocenters. The highest BCUT2D eigenvalue weighted by Crippen LogP contribution is 2.47. The molecule has 1 saturated heterocycles. The second-order valence-corrected chi connectivity index (χ2v) is 7.02. The average molecular weight is 414 g/mol. The van der Waals surface area contributed by atoms with Gasteiger partial charge in [0.05, 0.1) is 27.2 Å². The zero-order valence-corrected chi connectivity index (χ0v) is 17.0. The topological polar surface area (TPSA) is 102 Å².